The maximum Gasteiger partial charge on any atom is 0.416 e. The van der Waals surface area contributed by atoms with Crippen LogP contribution >= 0.6 is 12.6 Å². The first-order valence-electron chi connectivity index (χ1n) is 10.9. The Morgan fingerprint density at radius 1 is 1.12 bits per heavy atom. The number of likely N-dealkylation sites (N-methyl/N-ethyl adjacent to an activating group) is 1. The second-order valence-corrected chi connectivity index (χ2v) is 8.80. The molecule has 1 heterocycles. The number of allylic oxidation sites excluding steroid dienone is 4. The zero-order valence-corrected chi connectivity index (χ0v) is 20.4. The molecule has 3 rings (SSSR count). The largest absolute Gasteiger partial charge is 0.490 e. The highest BCUT2D eigenvalue weighted by molar-refractivity contribution is 7.80. The molecule has 182 valence electrons. The van der Waals surface area contributed by atoms with Crippen LogP contribution < -0.4 is 9.64 Å². The number of halogens is 3. The Morgan fingerprint density at radius 3 is 2.53 bits per heavy atom. The molecule has 0 spiro atoms. The fourth-order valence-corrected chi connectivity index (χ4v) is 3.76. The third-order valence-corrected chi connectivity index (χ3v) is 5.57. The lowest BCUT2D eigenvalue weighted by Gasteiger charge is -2.23. The second kappa shape index (κ2) is 11.6. The summed E-state index contributed by atoms with van der Waals surface area (Å²) in [4.78, 5) is 13.2. The standard InChI is InChI=1S/C25H29F3N4OS/c1-31(2)11-6-12-33-21-15-29-24(30-16-21)19-8-5-4-7-18(13-19)17-32(3)22-14-20(25(26,27)28)9-10-23(22)34/h5,7-10,13-16,34H,4,6,11-12,17H2,1-3H3. The van der Waals surface area contributed by atoms with E-state index in [1.165, 1.54) is 6.07 Å². The summed E-state index contributed by atoms with van der Waals surface area (Å²) in [6.07, 6.45) is 8.46. The summed E-state index contributed by atoms with van der Waals surface area (Å²) in [5, 5.41) is 0. The lowest BCUT2D eigenvalue weighted by molar-refractivity contribution is -0.137. The molecule has 1 aromatic heterocycles. The number of benzene rings is 1. The Bertz CT molecular complexity index is 1060. The zero-order valence-electron chi connectivity index (χ0n) is 19.5. The van der Waals surface area contributed by atoms with Crippen molar-refractivity contribution in [1.29, 1.82) is 0 Å². The summed E-state index contributed by atoms with van der Waals surface area (Å²) >= 11 is 4.35. The van der Waals surface area contributed by atoms with E-state index in [1.54, 1.807) is 24.3 Å². The highest BCUT2D eigenvalue weighted by atomic mass is 32.1. The van der Waals surface area contributed by atoms with Gasteiger partial charge < -0.3 is 14.5 Å². The van der Waals surface area contributed by atoms with Gasteiger partial charge in [0.2, 0.25) is 0 Å². The van der Waals surface area contributed by atoms with Crippen LogP contribution in [0.3, 0.4) is 0 Å². The van der Waals surface area contributed by atoms with Gasteiger partial charge in [0.25, 0.3) is 0 Å². The Balaban J connectivity index is 1.70. The molecule has 2 aromatic rings. The quantitative estimate of drug-likeness (QED) is 0.370. The van der Waals surface area contributed by atoms with Crippen molar-refractivity contribution < 1.29 is 17.9 Å². The maximum absolute atomic E-state index is 13.2. The lowest BCUT2D eigenvalue weighted by atomic mass is 10.1. The summed E-state index contributed by atoms with van der Waals surface area (Å²) in [5.74, 6) is 1.17. The molecule has 0 bridgehead atoms. The number of nitrogens with zero attached hydrogens (tertiary/aromatic N) is 4. The molecule has 0 aliphatic heterocycles. The van der Waals surface area contributed by atoms with Gasteiger partial charge in [-0.25, -0.2) is 9.97 Å². The Labute approximate surface area is 204 Å². The molecule has 0 radical (unpaired) electrons. The average Bonchev–Trinajstić information content (AvgIpc) is 3.02. The number of thiol groups is 1. The van der Waals surface area contributed by atoms with Crippen LogP contribution in [0.2, 0.25) is 0 Å². The van der Waals surface area contributed by atoms with Crippen LogP contribution in [0.1, 0.15) is 24.2 Å². The van der Waals surface area contributed by atoms with E-state index in [9.17, 15) is 13.2 Å². The van der Waals surface area contributed by atoms with E-state index in [0.29, 0.717) is 41.7 Å². The molecule has 1 aliphatic carbocycles. The van der Waals surface area contributed by atoms with Crippen LogP contribution in [-0.4, -0.2) is 55.7 Å². The molecule has 0 unspecified atom stereocenters. The van der Waals surface area contributed by atoms with Crippen molar-refractivity contribution in [3.63, 3.8) is 0 Å². The first kappa shape index (κ1) is 25.8. The van der Waals surface area contributed by atoms with E-state index in [4.69, 9.17) is 4.74 Å². The van der Waals surface area contributed by atoms with Crippen molar-refractivity contribution in [1.82, 2.24) is 14.9 Å². The Kier molecular flexibility index (Phi) is 8.79. The molecule has 34 heavy (non-hydrogen) atoms. The van der Waals surface area contributed by atoms with Crippen LogP contribution in [0.25, 0.3) is 5.57 Å². The van der Waals surface area contributed by atoms with Crippen LogP contribution in [0.5, 0.6) is 5.75 Å². The van der Waals surface area contributed by atoms with E-state index >= 15 is 0 Å². The number of aromatic nitrogens is 2. The number of hydrogen-bond acceptors (Lipinski definition) is 6. The first-order chi connectivity index (χ1) is 16.1. The molecule has 9 heteroatoms. The monoisotopic (exact) mass is 490 g/mol. The summed E-state index contributed by atoms with van der Waals surface area (Å²) in [5.41, 5.74) is 1.49. The molecule has 0 N–H and O–H groups in total. The topological polar surface area (TPSA) is 41.5 Å². The number of hydrogen-bond donors (Lipinski definition) is 1. The summed E-state index contributed by atoms with van der Waals surface area (Å²) in [6, 6.07) is 3.54. The molecule has 5 nitrogen and oxygen atoms in total. The van der Waals surface area contributed by atoms with E-state index < -0.39 is 11.7 Å². The van der Waals surface area contributed by atoms with Gasteiger partial charge in [0, 0.05) is 30.6 Å². The van der Waals surface area contributed by atoms with Crippen LogP contribution in [0, 0.1) is 0 Å². The Hall–Kier alpha value is -2.78. The zero-order chi connectivity index (χ0) is 24.7. The van der Waals surface area contributed by atoms with E-state index in [-0.39, 0.29) is 0 Å². The van der Waals surface area contributed by atoms with Gasteiger partial charge in [0.1, 0.15) is 0 Å². The van der Waals surface area contributed by atoms with Gasteiger partial charge in [0.05, 0.1) is 30.3 Å². The van der Waals surface area contributed by atoms with Crippen LogP contribution in [-0.2, 0) is 6.18 Å². The smallest absolute Gasteiger partial charge is 0.416 e. The number of ether oxygens (including phenoxy) is 1. The third-order valence-electron chi connectivity index (χ3n) is 5.19. The average molecular weight is 491 g/mol. The molecule has 0 fully saturated rings. The minimum Gasteiger partial charge on any atom is -0.490 e. The molecule has 0 atom stereocenters. The number of alkyl halides is 3. The van der Waals surface area contributed by atoms with Crippen molar-refractivity contribution in [2.45, 2.75) is 23.9 Å². The summed E-state index contributed by atoms with van der Waals surface area (Å²) in [6.45, 7) is 1.94. The van der Waals surface area contributed by atoms with Crippen molar-refractivity contribution in [2.24, 2.45) is 0 Å². The predicted octanol–water partition coefficient (Wildman–Crippen LogP) is 5.52. The SMILES string of the molecule is CN(C)CCCOc1cnc(C2=CC(CN(C)c3cc(C(F)(F)F)ccc3S)=CCC=C2)nc1. The molecule has 1 aliphatic rings. The molecular weight excluding hydrogens is 461 g/mol. The minimum absolute atomic E-state index is 0.410. The second-order valence-electron chi connectivity index (χ2n) is 8.32. The summed E-state index contributed by atoms with van der Waals surface area (Å²) < 4.78 is 45.2. The third kappa shape index (κ3) is 7.36. The molecule has 0 saturated carbocycles. The number of rotatable bonds is 9. The van der Waals surface area contributed by atoms with Gasteiger partial charge in [-0.05, 0) is 56.8 Å². The molecule has 0 saturated heterocycles. The van der Waals surface area contributed by atoms with E-state index in [1.807, 2.05) is 38.4 Å². The normalized spacial score (nSPS) is 14.0. The highest BCUT2D eigenvalue weighted by Gasteiger charge is 2.31. The fraction of sp³-hybridized carbons (Fsp3) is 0.360. The van der Waals surface area contributed by atoms with Gasteiger partial charge in [-0.2, -0.15) is 13.2 Å². The maximum atomic E-state index is 13.2. The van der Waals surface area contributed by atoms with Gasteiger partial charge in [-0.1, -0.05) is 18.2 Å². The van der Waals surface area contributed by atoms with Crippen molar-refractivity contribution in [3.8, 4) is 5.75 Å². The van der Waals surface area contributed by atoms with E-state index in [0.717, 1.165) is 36.2 Å². The Morgan fingerprint density at radius 2 is 1.85 bits per heavy atom. The lowest BCUT2D eigenvalue weighted by Crippen LogP contribution is -2.21. The van der Waals surface area contributed by atoms with Gasteiger partial charge in [0.15, 0.2) is 11.6 Å². The molecule has 0 amide bonds. The first-order valence-corrected chi connectivity index (χ1v) is 11.4. The minimum atomic E-state index is -4.41. The van der Waals surface area contributed by atoms with Crippen LogP contribution in [0.15, 0.2) is 65.4 Å². The van der Waals surface area contributed by atoms with E-state index in [2.05, 4.69) is 27.5 Å². The molecule has 1 aromatic carbocycles. The van der Waals surface area contributed by atoms with Gasteiger partial charge >= 0.3 is 6.18 Å². The predicted molar refractivity (Wildman–Crippen MR) is 132 cm³/mol. The van der Waals surface area contributed by atoms with Crippen LogP contribution in [0.4, 0.5) is 18.9 Å². The van der Waals surface area contributed by atoms with Gasteiger partial charge in [-0.3, -0.25) is 0 Å². The molecular formula is C25H29F3N4OS. The number of anilines is 1. The van der Waals surface area contributed by atoms with Gasteiger partial charge in [-0.15, -0.1) is 12.6 Å². The van der Waals surface area contributed by atoms with Crippen molar-refractivity contribution >= 4 is 23.9 Å². The summed E-state index contributed by atoms with van der Waals surface area (Å²) in [7, 11) is 5.79. The fourth-order valence-electron chi connectivity index (χ4n) is 3.45. The van der Waals surface area contributed by atoms with Crippen molar-refractivity contribution in [2.75, 3.05) is 45.7 Å². The van der Waals surface area contributed by atoms with Crippen molar-refractivity contribution in [3.05, 3.63) is 71.9 Å². The highest BCUT2D eigenvalue weighted by Crippen LogP contribution is 2.35.